The van der Waals surface area contributed by atoms with E-state index in [1.165, 1.54) is 0 Å². The molecule has 2 unspecified atom stereocenters. The van der Waals surface area contributed by atoms with Crippen molar-refractivity contribution in [2.45, 2.75) is 39.5 Å². The van der Waals surface area contributed by atoms with Gasteiger partial charge in [0.25, 0.3) is 0 Å². The minimum Gasteiger partial charge on any atom is -0.368 e. The number of aromatic nitrogens is 1. The summed E-state index contributed by atoms with van der Waals surface area (Å²) in [4.78, 5) is 8.30. The van der Waals surface area contributed by atoms with Gasteiger partial charge in [0.05, 0.1) is 23.4 Å². The lowest BCUT2D eigenvalue weighted by Crippen LogP contribution is -2.33. The monoisotopic (exact) mass is 464 g/mol. The molecule has 0 amide bonds. The van der Waals surface area contributed by atoms with E-state index in [4.69, 9.17) is 32.9 Å². The number of aliphatic hydroxyl groups is 1. The van der Waals surface area contributed by atoms with Crippen molar-refractivity contribution in [1.82, 2.24) is 4.98 Å². The molecule has 0 saturated carbocycles. The van der Waals surface area contributed by atoms with Crippen LogP contribution in [0, 0.1) is 6.92 Å². The maximum atomic E-state index is 9.70. The Morgan fingerprint density at radius 2 is 1.90 bits per heavy atom. The molecule has 3 aromatic rings. The zero-order valence-electron chi connectivity index (χ0n) is 17.3. The Kier molecular flexibility index (Phi) is 8.14. The lowest BCUT2D eigenvalue weighted by atomic mass is 10.1. The second kappa shape index (κ2) is 10.6. The van der Waals surface area contributed by atoms with E-state index in [1.807, 2.05) is 30.3 Å². The van der Waals surface area contributed by atoms with Crippen LogP contribution in [0.3, 0.4) is 0 Å². The molecule has 30 heavy (non-hydrogen) atoms. The van der Waals surface area contributed by atoms with E-state index >= 15 is 0 Å². The van der Waals surface area contributed by atoms with E-state index in [2.05, 4.69) is 30.9 Å². The van der Waals surface area contributed by atoms with Crippen molar-refractivity contribution in [3.63, 3.8) is 0 Å². The number of halogens is 2. The van der Waals surface area contributed by atoms with Crippen LogP contribution in [0.15, 0.2) is 48.5 Å². The molecule has 0 fully saturated rings. The second-order valence-electron chi connectivity index (χ2n) is 7.08. The van der Waals surface area contributed by atoms with Gasteiger partial charge in [-0.05, 0) is 44.0 Å². The molecular weight excluding hydrogens is 439 g/mol. The Labute approximate surface area is 192 Å². The first kappa shape index (κ1) is 23.0. The summed E-state index contributed by atoms with van der Waals surface area (Å²) < 4.78 is 5.62. The third kappa shape index (κ3) is 5.54. The standard InChI is InChI=1S/C23H26Cl2N2O2S/c1-4-12-27(21(14-29-16(3)28)17-8-6-5-7-9-17)23-26-22(15(2)30-23)19-11-10-18(24)13-20(19)25/h5-11,13,16,21,28H,4,12,14H2,1-3H3. The fourth-order valence-corrected chi connectivity index (χ4v) is 4.83. The number of ether oxygens (including phenoxy) is 1. The van der Waals surface area contributed by atoms with E-state index in [9.17, 15) is 5.11 Å². The molecule has 0 aliphatic rings. The molecule has 3 rings (SSSR count). The largest absolute Gasteiger partial charge is 0.368 e. The highest BCUT2D eigenvalue weighted by Gasteiger charge is 2.25. The van der Waals surface area contributed by atoms with Gasteiger partial charge in [-0.1, -0.05) is 60.5 Å². The van der Waals surface area contributed by atoms with Gasteiger partial charge in [0.2, 0.25) is 0 Å². The maximum absolute atomic E-state index is 9.70. The topological polar surface area (TPSA) is 45.6 Å². The Hall–Kier alpha value is -1.63. The zero-order valence-corrected chi connectivity index (χ0v) is 19.6. The predicted octanol–water partition coefficient (Wildman–Crippen LogP) is 6.74. The number of hydrogen-bond donors (Lipinski definition) is 1. The van der Waals surface area contributed by atoms with Gasteiger partial charge < -0.3 is 14.7 Å². The summed E-state index contributed by atoms with van der Waals surface area (Å²) >= 11 is 14.1. The van der Waals surface area contributed by atoms with Crippen molar-refractivity contribution in [2.75, 3.05) is 18.1 Å². The van der Waals surface area contributed by atoms with Gasteiger partial charge >= 0.3 is 0 Å². The van der Waals surface area contributed by atoms with E-state index in [-0.39, 0.29) is 6.04 Å². The lowest BCUT2D eigenvalue weighted by molar-refractivity contribution is -0.0896. The number of benzene rings is 2. The molecule has 160 valence electrons. The van der Waals surface area contributed by atoms with E-state index < -0.39 is 6.29 Å². The lowest BCUT2D eigenvalue weighted by Gasteiger charge is -2.32. The second-order valence-corrected chi connectivity index (χ2v) is 9.10. The number of aliphatic hydroxyl groups excluding tert-OH is 1. The summed E-state index contributed by atoms with van der Waals surface area (Å²) in [5, 5.41) is 11.8. The van der Waals surface area contributed by atoms with Crippen LogP contribution in [-0.2, 0) is 4.74 Å². The van der Waals surface area contributed by atoms with Crippen molar-refractivity contribution in [1.29, 1.82) is 0 Å². The Balaban J connectivity index is 2.01. The quantitative estimate of drug-likeness (QED) is 0.356. The van der Waals surface area contributed by atoms with Gasteiger partial charge in [-0.2, -0.15) is 0 Å². The molecule has 0 saturated heterocycles. The first-order chi connectivity index (χ1) is 14.4. The molecule has 0 aliphatic carbocycles. The average Bonchev–Trinajstić information content (AvgIpc) is 3.09. The fourth-order valence-electron chi connectivity index (χ4n) is 3.33. The van der Waals surface area contributed by atoms with Crippen molar-refractivity contribution in [2.24, 2.45) is 0 Å². The van der Waals surface area contributed by atoms with Crippen molar-refractivity contribution in [3.05, 3.63) is 69.0 Å². The maximum Gasteiger partial charge on any atom is 0.186 e. The normalized spacial score (nSPS) is 13.3. The molecule has 0 bridgehead atoms. The van der Waals surface area contributed by atoms with Crippen LogP contribution in [0.5, 0.6) is 0 Å². The highest BCUT2D eigenvalue weighted by Crippen LogP contribution is 2.39. The van der Waals surface area contributed by atoms with Crippen LogP contribution in [0.25, 0.3) is 11.3 Å². The summed E-state index contributed by atoms with van der Waals surface area (Å²) in [5.74, 6) is 0. The molecule has 0 spiro atoms. The van der Waals surface area contributed by atoms with Crippen LogP contribution in [-0.4, -0.2) is 29.5 Å². The molecule has 1 aromatic heterocycles. The van der Waals surface area contributed by atoms with Crippen LogP contribution < -0.4 is 4.90 Å². The molecular formula is C23H26Cl2N2O2S. The van der Waals surface area contributed by atoms with E-state index in [1.54, 1.807) is 24.3 Å². The summed E-state index contributed by atoms with van der Waals surface area (Å²) in [6.07, 6.45) is 0.120. The SMILES string of the molecule is CCCN(c1nc(-c2ccc(Cl)cc2Cl)c(C)s1)C(COC(C)O)c1ccccc1. The Morgan fingerprint density at radius 1 is 1.17 bits per heavy atom. The minimum absolute atomic E-state index is 0.0696. The van der Waals surface area contributed by atoms with Crippen molar-refractivity contribution < 1.29 is 9.84 Å². The van der Waals surface area contributed by atoms with Gasteiger partial charge in [0.1, 0.15) is 0 Å². The number of rotatable bonds is 9. The number of aryl methyl sites for hydroxylation is 1. The van der Waals surface area contributed by atoms with Gasteiger partial charge in [-0.15, -0.1) is 11.3 Å². The first-order valence-corrected chi connectivity index (χ1v) is 11.5. The highest BCUT2D eigenvalue weighted by atomic mass is 35.5. The van der Waals surface area contributed by atoms with Gasteiger partial charge in [0.15, 0.2) is 11.4 Å². The smallest absolute Gasteiger partial charge is 0.186 e. The molecule has 4 nitrogen and oxygen atoms in total. The first-order valence-electron chi connectivity index (χ1n) is 9.94. The summed E-state index contributed by atoms with van der Waals surface area (Å²) in [6.45, 7) is 6.98. The number of anilines is 1. The third-order valence-corrected chi connectivity index (χ3v) is 6.29. The third-order valence-electron chi connectivity index (χ3n) is 4.74. The number of hydrogen-bond acceptors (Lipinski definition) is 5. The van der Waals surface area contributed by atoms with Crippen LogP contribution >= 0.6 is 34.5 Å². The Bertz CT molecular complexity index is 963. The number of nitrogens with zero attached hydrogens (tertiary/aromatic N) is 2. The Morgan fingerprint density at radius 3 is 2.53 bits per heavy atom. The predicted molar refractivity (Wildman–Crippen MR) is 127 cm³/mol. The van der Waals surface area contributed by atoms with Crippen molar-refractivity contribution >= 4 is 39.7 Å². The molecule has 1 heterocycles. The molecule has 0 radical (unpaired) electrons. The van der Waals surface area contributed by atoms with E-state index in [0.717, 1.165) is 39.8 Å². The average molecular weight is 465 g/mol. The fraction of sp³-hybridized carbons (Fsp3) is 0.348. The molecule has 7 heteroatoms. The molecule has 0 aliphatic heterocycles. The van der Waals surface area contributed by atoms with Gasteiger partial charge in [-0.3, -0.25) is 0 Å². The van der Waals surface area contributed by atoms with Crippen LogP contribution in [0.2, 0.25) is 10.0 Å². The minimum atomic E-state index is -0.832. The highest BCUT2D eigenvalue weighted by molar-refractivity contribution is 7.16. The zero-order chi connectivity index (χ0) is 21.7. The van der Waals surface area contributed by atoms with E-state index in [0.29, 0.717) is 16.7 Å². The molecule has 2 aromatic carbocycles. The van der Waals surface area contributed by atoms with Gasteiger partial charge in [0, 0.05) is 22.0 Å². The summed E-state index contributed by atoms with van der Waals surface area (Å²) in [5.41, 5.74) is 2.85. The van der Waals surface area contributed by atoms with Crippen LogP contribution in [0.1, 0.15) is 36.8 Å². The summed E-state index contributed by atoms with van der Waals surface area (Å²) in [7, 11) is 0. The van der Waals surface area contributed by atoms with Gasteiger partial charge in [-0.25, -0.2) is 4.98 Å². The van der Waals surface area contributed by atoms with Crippen LogP contribution in [0.4, 0.5) is 5.13 Å². The summed E-state index contributed by atoms with van der Waals surface area (Å²) in [6, 6.07) is 15.6. The molecule has 2 atom stereocenters. The molecule has 1 N–H and O–H groups in total. The number of thiazole rings is 1. The van der Waals surface area contributed by atoms with Crippen molar-refractivity contribution in [3.8, 4) is 11.3 Å².